The summed E-state index contributed by atoms with van der Waals surface area (Å²) in [5.74, 6) is 0.384. The van der Waals surface area contributed by atoms with E-state index in [1.54, 1.807) is 13.2 Å². The number of nitrogens with one attached hydrogen (secondary N) is 1. The zero-order valence-corrected chi connectivity index (χ0v) is 18.1. The van der Waals surface area contributed by atoms with Crippen molar-refractivity contribution in [3.8, 4) is 11.4 Å². The number of hydrogen-bond acceptors (Lipinski definition) is 8. The largest absolute Gasteiger partial charge is 0.494 e. The lowest BCUT2D eigenvalue weighted by atomic mass is 10.3. The van der Waals surface area contributed by atoms with Crippen LogP contribution in [0.3, 0.4) is 0 Å². The number of benzene rings is 2. The molecule has 0 atom stereocenters. The highest BCUT2D eigenvalue weighted by molar-refractivity contribution is 7.99. The Bertz CT molecular complexity index is 1130. The van der Waals surface area contributed by atoms with Gasteiger partial charge in [-0.1, -0.05) is 23.9 Å². The molecule has 0 bridgehead atoms. The Kier molecular flexibility index (Phi) is 6.70. The van der Waals surface area contributed by atoms with Gasteiger partial charge in [0.25, 0.3) is 0 Å². The van der Waals surface area contributed by atoms with Gasteiger partial charge in [-0.2, -0.15) is 4.68 Å². The molecule has 30 heavy (non-hydrogen) atoms. The first-order chi connectivity index (χ1) is 14.3. The van der Waals surface area contributed by atoms with Crippen LogP contribution >= 0.6 is 11.8 Å². The third kappa shape index (κ3) is 4.78. The highest BCUT2D eigenvalue weighted by Crippen LogP contribution is 2.25. The summed E-state index contributed by atoms with van der Waals surface area (Å²) >= 11 is 1.16. The molecule has 0 unspecified atom stereocenters. The zero-order chi connectivity index (χ0) is 21.7. The molecule has 1 heterocycles. The smallest absolute Gasteiger partial charge is 0.242 e. The Hall–Kier alpha value is -2.96. The van der Waals surface area contributed by atoms with Crippen molar-refractivity contribution in [3.63, 3.8) is 0 Å². The molecule has 3 rings (SSSR count). The van der Waals surface area contributed by atoms with Crippen molar-refractivity contribution in [1.29, 1.82) is 0 Å². The predicted molar refractivity (Wildman–Crippen MR) is 112 cm³/mol. The van der Waals surface area contributed by atoms with Gasteiger partial charge in [0.05, 0.1) is 17.8 Å². The van der Waals surface area contributed by atoms with E-state index in [4.69, 9.17) is 4.74 Å². The van der Waals surface area contributed by atoms with Crippen molar-refractivity contribution in [1.82, 2.24) is 24.5 Å². The average Bonchev–Trinajstić information content (AvgIpc) is 3.21. The summed E-state index contributed by atoms with van der Waals surface area (Å²) in [6, 6.07) is 13.2. The molecular weight excluding hydrogens is 428 g/mol. The summed E-state index contributed by atoms with van der Waals surface area (Å²) in [6.07, 6.45) is 0. The number of anilines is 1. The zero-order valence-electron chi connectivity index (χ0n) is 16.5. The minimum atomic E-state index is -3.52. The Morgan fingerprint density at radius 2 is 1.87 bits per heavy atom. The van der Waals surface area contributed by atoms with E-state index >= 15 is 0 Å². The van der Waals surface area contributed by atoms with Crippen LogP contribution in [0.15, 0.2) is 58.6 Å². The molecule has 0 saturated heterocycles. The van der Waals surface area contributed by atoms with Crippen molar-refractivity contribution in [2.24, 2.45) is 0 Å². The van der Waals surface area contributed by atoms with Crippen LogP contribution in [0.2, 0.25) is 0 Å². The van der Waals surface area contributed by atoms with Gasteiger partial charge in [0.1, 0.15) is 11.4 Å². The van der Waals surface area contributed by atoms with Crippen molar-refractivity contribution >= 4 is 33.4 Å². The number of para-hydroxylation sites is 2. The fourth-order valence-corrected chi connectivity index (χ4v) is 4.06. The number of rotatable bonds is 8. The predicted octanol–water partition coefficient (Wildman–Crippen LogP) is 1.65. The summed E-state index contributed by atoms with van der Waals surface area (Å²) in [5, 5.41) is 14.8. The number of methoxy groups -OCH3 is 1. The SMILES string of the molecule is COc1ccccc1-n1nnnc1SCC(=O)Nc1ccc(S(=O)(=O)N(C)C)cc1. The van der Waals surface area contributed by atoms with Gasteiger partial charge in [-0.25, -0.2) is 12.7 Å². The number of hydrogen-bond donors (Lipinski definition) is 1. The van der Waals surface area contributed by atoms with Gasteiger partial charge in [0, 0.05) is 19.8 Å². The molecule has 1 N–H and O–H groups in total. The summed E-state index contributed by atoms with van der Waals surface area (Å²) in [4.78, 5) is 12.5. The standard InChI is InChI=1S/C18H20N6O4S2/c1-23(2)30(26,27)14-10-8-13(9-11-14)19-17(25)12-29-18-20-21-22-24(18)15-6-4-5-7-16(15)28-3/h4-11H,12H2,1-3H3,(H,19,25). The molecule has 0 spiro atoms. The van der Waals surface area contributed by atoms with E-state index in [1.807, 2.05) is 18.2 Å². The second kappa shape index (κ2) is 9.24. The molecule has 158 valence electrons. The fourth-order valence-electron chi connectivity index (χ4n) is 2.47. The summed E-state index contributed by atoms with van der Waals surface area (Å²) in [7, 11) is 0.955. The van der Waals surface area contributed by atoms with E-state index in [9.17, 15) is 13.2 Å². The molecule has 2 aromatic carbocycles. The first-order valence-electron chi connectivity index (χ1n) is 8.70. The van der Waals surface area contributed by atoms with Gasteiger partial charge in [0.15, 0.2) is 0 Å². The summed E-state index contributed by atoms with van der Waals surface area (Å²) in [6.45, 7) is 0. The maximum atomic E-state index is 12.3. The van der Waals surface area contributed by atoms with Gasteiger partial charge in [-0.05, 0) is 46.8 Å². The number of aromatic nitrogens is 4. The van der Waals surface area contributed by atoms with E-state index in [0.717, 1.165) is 16.1 Å². The van der Waals surface area contributed by atoms with Crippen molar-refractivity contribution < 1.29 is 17.9 Å². The lowest BCUT2D eigenvalue weighted by Crippen LogP contribution is -2.22. The lowest BCUT2D eigenvalue weighted by molar-refractivity contribution is -0.113. The van der Waals surface area contributed by atoms with Gasteiger partial charge in [-0.15, -0.1) is 5.10 Å². The van der Waals surface area contributed by atoms with Crippen LogP contribution in [0, 0.1) is 0 Å². The number of thioether (sulfide) groups is 1. The highest BCUT2D eigenvalue weighted by atomic mass is 32.2. The third-order valence-electron chi connectivity index (χ3n) is 4.00. The number of ether oxygens (including phenoxy) is 1. The van der Waals surface area contributed by atoms with Crippen LogP contribution in [0.1, 0.15) is 0 Å². The van der Waals surface area contributed by atoms with E-state index < -0.39 is 10.0 Å². The molecule has 1 aromatic heterocycles. The summed E-state index contributed by atoms with van der Waals surface area (Å²) in [5.41, 5.74) is 1.15. The lowest BCUT2D eigenvalue weighted by Gasteiger charge is -2.12. The first kappa shape index (κ1) is 21.7. The second-order valence-corrected chi connectivity index (χ2v) is 9.29. The summed E-state index contributed by atoms with van der Waals surface area (Å²) < 4.78 is 32.2. The van der Waals surface area contributed by atoms with Gasteiger partial charge < -0.3 is 10.1 Å². The molecule has 0 aliphatic rings. The van der Waals surface area contributed by atoms with E-state index in [-0.39, 0.29) is 16.6 Å². The third-order valence-corrected chi connectivity index (χ3v) is 6.75. The topological polar surface area (TPSA) is 119 Å². The van der Waals surface area contributed by atoms with Gasteiger partial charge >= 0.3 is 0 Å². The van der Waals surface area contributed by atoms with E-state index in [2.05, 4.69) is 20.8 Å². The van der Waals surface area contributed by atoms with Crippen LogP contribution in [0.4, 0.5) is 5.69 Å². The number of amides is 1. The molecule has 12 heteroatoms. The van der Waals surface area contributed by atoms with Crippen LogP contribution in [-0.2, 0) is 14.8 Å². The maximum Gasteiger partial charge on any atom is 0.242 e. The van der Waals surface area contributed by atoms with E-state index in [1.165, 1.54) is 43.0 Å². The number of tetrazole rings is 1. The average molecular weight is 449 g/mol. The molecule has 3 aromatic rings. The van der Waals surface area contributed by atoms with Crippen LogP contribution in [-0.4, -0.2) is 65.8 Å². The number of nitrogens with zero attached hydrogens (tertiary/aromatic N) is 5. The molecule has 0 saturated carbocycles. The van der Waals surface area contributed by atoms with Crippen LogP contribution in [0.5, 0.6) is 5.75 Å². The molecule has 1 amide bonds. The molecule has 0 aliphatic carbocycles. The molecule has 0 aliphatic heterocycles. The van der Waals surface area contributed by atoms with Gasteiger partial charge in [-0.3, -0.25) is 4.79 Å². The monoisotopic (exact) mass is 448 g/mol. The van der Waals surface area contributed by atoms with Crippen molar-refractivity contribution in [2.45, 2.75) is 10.1 Å². The first-order valence-corrected chi connectivity index (χ1v) is 11.1. The number of sulfonamides is 1. The number of carbonyl (C=O) groups excluding carboxylic acids is 1. The Balaban J connectivity index is 1.65. The molecular formula is C18H20N6O4S2. The quantitative estimate of drug-likeness (QED) is 0.517. The van der Waals surface area contributed by atoms with Gasteiger partial charge in [0.2, 0.25) is 21.1 Å². The molecule has 10 nitrogen and oxygen atoms in total. The van der Waals surface area contributed by atoms with Crippen LogP contribution < -0.4 is 10.1 Å². The minimum absolute atomic E-state index is 0.0628. The highest BCUT2D eigenvalue weighted by Gasteiger charge is 2.17. The molecule has 0 radical (unpaired) electrons. The maximum absolute atomic E-state index is 12.3. The van der Waals surface area contributed by atoms with Crippen LogP contribution in [0.25, 0.3) is 5.69 Å². The normalized spacial score (nSPS) is 11.5. The minimum Gasteiger partial charge on any atom is -0.494 e. The van der Waals surface area contributed by atoms with E-state index in [0.29, 0.717) is 22.3 Å². The molecule has 0 fully saturated rings. The Morgan fingerprint density at radius 3 is 2.53 bits per heavy atom. The second-order valence-electron chi connectivity index (χ2n) is 6.19. The Labute approximate surface area is 178 Å². The van der Waals surface area contributed by atoms with Crippen molar-refractivity contribution in [3.05, 3.63) is 48.5 Å². The number of carbonyl (C=O) groups is 1. The van der Waals surface area contributed by atoms with Crippen molar-refractivity contribution in [2.75, 3.05) is 32.3 Å². The fraction of sp³-hybridized carbons (Fsp3) is 0.222. The Morgan fingerprint density at radius 1 is 1.17 bits per heavy atom.